The smallest absolute Gasteiger partial charge is 0.134 e. The zero-order valence-corrected chi connectivity index (χ0v) is 11.7. The third-order valence-electron chi connectivity index (χ3n) is 3.37. The highest BCUT2D eigenvalue weighted by atomic mass is 16.5. The summed E-state index contributed by atoms with van der Waals surface area (Å²) >= 11 is 0. The van der Waals surface area contributed by atoms with Gasteiger partial charge >= 0.3 is 0 Å². The summed E-state index contributed by atoms with van der Waals surface area (Å²) in [6, 6.07) is 2.48. The second-order valence-corrected chi connectivity index (χ2v) is 4.83. The predicted molar refractivity (Wildman–Crippen MR) is 76.6 cm³/mol. The van der Waals surface area contributed by atoms with Gasteiger partial charge < -0.3 is 20.7 Å². The third-order valence-corrected chi connectivity index (χ3v) is 3.37. The van der Waals surface area contributed by atoms with E-state index in [1.54, 1.807) is 0 Å². The lowest BCUT2D eigenvalue weighted by Crippen LogP contribution is -2.37. The summed E-state index contributed by atoms with van der Waals surface area (Å²) in [5, 5.41) is 3.21. The number of aryl methyl sites for hydroxylation is 1. The first-order valence-electron chi connectivity index (χ1n) is 6.81. The van der Waals surface area contributed by atoms with Gasteiger partial charge in [-0.3, -0.25) is 0 Å². The fourth-order valence-corrected chi connectivity index (χ4v) is 2.28. The molecule has 2 heterocycles. The van der Waals surface area contributed by atoms with Crippen molar-refractivity contribution in [2.75, 3.05) is 43.6 Å². The van der Waals surface area contributed by atoms with E-state index in [-0.39, 0.29) is 0 Å². The van der Waals surface area contributed by atoms with E-state index in [1.807, 2.05) is 13.0 Å². The van der Waals surface area contributed by atoms with Gasteiger partial charge in [0.05, 0.1) is 0 Å². The van der Waals surface area contributed by atoms with Crippen LogP contribution in [0.1, 0.15) is 18.7 Å². The minimum absolute atomic E-state index is 0.491. The van der Waals surface area contributed by atoms with Crippen LogP contribution >= 0.6 is 0 Å². The molecule has 1 aliphatic rings. The van der Waals surface area contributed by atoms with Crippen molar-refractivity contribution < 1.29 is 4.74 Å². The predicted octanol–water partition coefficient (Wildman–Crippen LogP) is 0.771. The van der Waals surface area contributed by atoms with E-state index < -0.39 is 0 Å². The highest BCUT2D eigenvalue weighted by molar-refractivity contribution is 5.49. The topological polar surface area (TPSA) is 76.3 Å². The van der Waals surface area contributed by atoms with Crippen LogP contribution in [-0.2, 0) is 4.74 Å². The maximum Gasteiger partial charge on any atom is 0.134 e. The molecule has 0 radical (unpaired) electrons. The monoisotopic (exact) mass is 265 g/mol. The van der Waals surface area contributed by atoms with Gasteiger partial charge in [0.25, 0.3) is 0 Å². The molecule has 19 heavy (non-hydrogen) atoms. The first kappa shape index (κ1) is 14.0. The van der Waals surface area contributed by atoms with Crippen LogP contribution in [0.3, 0.4) is 0 Å². The lowest BCUT2D eigenvalue weighted by molar-refractivity contribution is 0.0853. The quantitative estimate of drug-likeness (QED) is 0.819. The Hall–Kier alpha value is -1.40. The summed E-state index contributed by atoms with van der Waals surface area (Å²) in [7, 11) is 2.09. The summed E-state index contributed by atoms with van der Waals surface area (Å²) in [5.41, 5.74) is 5.50. The van der Waals surface area contributed by atoms with Crippen molar-refractivity contribution >= 4 is 11.6 Å². The molecule has 0 saturated carbocycles. The van der Waals surface area contributed by atoms with E-state index in [2.05, 4.69) is 27.2 Å². The molecular weight excluding hydrogens is 242 g/mol. The van der Waals surface area contributed by atoms with E-state index in [0.29, 0.717) is 12.6 Å². The molecule has 1 aromatic heterocycles. The Kier molecular flexibility index (Phi) is 4.93. The molecular formula is C13H23N5O. The number of nitrogens with two attached hydrogens (primary N) is 1. The Bertz CT molecular complexity index is 406. The second kappa shape index (κ2) is 6.68. The average Bonchev–Trinajstić information content (AvgIpc) is 2.44. The maximum atomic E-state index is 5.50. The Morgan fingerprint density at radius 1 is 1.42 bits per heavy atom. The van der Waals surface area contributed by atoms with Crippen LogP contribution in [0.25, 0.3) is 0 Å². The SMILES string of the molecule is Cc1nc(NCCN)cc(N(C)C2CCOCC2)n1. The molecule has 0 atom stereocenters. The summed E-state index contributed by atoms with van der Waals surface area (Å²) < 4.78 is 5.40. The van der Waals surface area contributed by atoms with E-state index in [0.717, 1.165) is 50.1 Å². The Morgan fingerprint density at radius 3 is 2.84 bits per heavy atom. The molecule has 6 heteroatoms. The largest absolute Gasteiger partial charge is 0.381 e. The molecule has 1 aliphatic heterocycles. The van der Waals surface area contributed by atoms with Gasteiger partial charge in [0.2, 0.25) is 0 Å². The first-order chi connectivity index (χ1) is 9.20. The van der Waals surface area contributed by atoms with E-state index in [1.165, 1.54) is 0 Å². The zero-order valence-electron chi connectivity index (χ0n) is 11.7. The van der Waals surface area contributed by atoms with Crippen molar-refractivity contribution in [2.24, 2.45) is 5.73 Å². The highest BCUT2D eigenvalue weighted by Gasteiger charge is 2.20. The summed E-state index contributed by atoms with van der Waals surface area (Å²) in [4.78, 5) is 11.1. The Labute approximate surface area is 114 Å². The minimum Gasteiger partial charge on any atom is -0.381 e. The van der Waals surface area contributed by atoms with Crippen molar-refractivity contribution in [3.63, 3.8) is 0 Å². The van der Waals surface area contributed by atoms with Gasteiger partial charge in [-0.1, -0.05) is 0 Å². The summed E-state index contributed by atoms with van der Waals surface area (Å²) in [6.45, 7) is 4.88. The minimum atomic E-state index is 0.491. The lowest BCUT2D eigenvalue weighted by Gasteiger charge is -2.32. The van der Waals surface area contributed by atoms with Crippen LogP contribution < -0.4 is 16.0 Å². The van der Waals surface area contributed by atoms with Gasteiger partial charge in [-0.25, -0.2) is 9.97 Å². The molecule has 1 aromatic rings. The molecule has 0 amide bonds. The molecule has 0 aliphatic carbocycles. The number of nitrogens with zero attached hydrogens (tertiary/aromatic N) is 3. The first-order valence-corrected chi connectivity index (χ1v) is 6.81. The number of nitrogens with one attached hydrogen (secondary N) is 1. The highest BCUT2D eigenvalue weighted by Crippen LogP contribution is 2.21. The Morgan fingerprint density at radius 2 is 2.16 bits per heavy atom. The number of aromatic nitrogens is 2. The van der Waals surface area contributed by atoms with Crippen LogP contribution in [0.15, 0.2) is 6.07 Å². The third kappa shape index (κ3) is 3.78. The normalized spacial score (nSPS) is 16.4. The number of anilines is 2. The molecule has 0 unspecified atom stereocenters. The number of ether oxygens (including phenoxy) is 1. The van der Waals surface area contributed by atoms with Crippen molar-refractivity contribution in [3.05, 3.63) is 11.9 Å². The number of hydrogen-bond donors (Lipinski definition) is 2. The standard InChI is InChI=1S/C13H23N5O/c1-10-16-12(15-6-5-14)9-13(17-10)18(2)11-3-7-19-8-4-11/h9,11H,3-8,14H2,1-2H3,(H,15,16,17). The number of hydrogen-bond acceptors (Lipinski definition) is 6. The van der Waals surface area contributed by atoms with E-state index in [4.69, 9.17) is 10.5 Å². The molecule has 0 aromatic carbocycles. The van der Waals surface area contributed by atoms with Crippen LogP contribution in [0.4, 0.5) is 11.6 Å². The average molecular weight is 265 g/mol. The number of rotatable bonds is 5. The lowest BCUT2D eigenvalue weighted by atomic mass is 10.1. The van der Waals surface area contributed by atoms with Gasteiger partial charge in [-0.05, 0) is 19.8 Å². The molecule has 2 rings (SSSR count). The van der Waals surface area contributed by atoms with E-state index >= 15 is 0 Å². The zero-order chi connectivity index (χ0) is 13.7. The van der Waals surface area contributed by atoms with Crippen LogP contribution in [0, 0.1) is 6.92 Å². The maximum absolute atomic E-state index is 5.50. The van der Waals surface area contributed by atoms with Gasteiger partial charge in [0.1, 0.15) is 17.5 Å². The molecule has 6 nitrogen and oxygen atoms in total. The second-order valence-electron chi connectivity index (χ2n) is 4.83. The van der Waals surface area contributed by atoms with Crippen molar-refractivity contribution in [2.45, 2.75) is 25.8 Å². The van der Waals surface area contributed by atoms with Crippen LogP contribution in [0.5, 0.6) is 0 Å². The van der Waals surface area contributed by atoms with Gasteiger partial charge in [0.15, 0.2) is 0 Å². The summed E-state index contributed by atoms with van der Waals surface area (Å²) in [6.07, 6.45) is 2.09. The summed E-state index contributed by atoms with van der Waals surface area (Å²) in [5.74, 6) is 2.57. The Balaban J connectivity index is 2.11. The van der Waals surface area contributed by atoms with Crippen molar-refractivity contribution in [1.29, 1.82) is 0 Å². The molecule has 0 bridgehead atoms. The van der Waals surface area contributed by atoms with Crippen molar-refractivity contribution in [3.8, 4) is 0 Å². The van der Waals surface area contributed by atoms with Crippen LogP contribution in [-0.4, -0.2) is 49.4 Å². The fourth-order valence-electron chi connectivity index (χ4n) is 2.28. The molecule has 1 saturated heterocycles. The fraction of sp³-hybridized carbons (Fsp3) is 0.692. The molecule has 106 valence electrons. The molecule has 0 spiro atoms. The van der Waals surface area contributed by atoms with Crippen molar-refractivity contribution in [1.82, 2.24) is 9.97 Å². The molecule has 3 N–H and O–H groups in total. The van der Waals surface area contributed by atoms with Crippen LogP contribution in [0.2, 0.25) is 0 Å². The van der Waals surface area contributed by atoms with Gasteiger partial charge in [-0.2, -0.15) is 0 Å². The molecule has 1 fully saturated rings. The van der Waals surface area contributed by atoms with Gasteiger partial charge in [-0.15, -0.1) is 0 Å². The van der Waals surface area contributed by atoms with Gasteiger partial charge in [0, 0.05) is 45.5 Å². The van der Waals surface area contributed by atoms with E-state index in [9.17, 15) is 0 Å².